The van der Waals surface area contributed by atoms with Crippen molar-refractivity contribution in [2.24, 2.45) is 0 Å². The molecule has 21 heavy (non-hydrogen) atoms. The zero-order valence-electron chi connectivity index (χ0n) is 10.8. The van der Waals surface area contributed by atoms with Crippen molar-refractivity contribution in [3.05, 3.63) is 59.0 Å². The van der Waals surface area contributed by atoms with E-state index in [0.717, 1.165) is 0 Å². The van der Waals surface area contributed by atoms with E-state index in [1.807, 2.05) is 0 Å². The van der Waals surface area contributed by atoms with Gasteiger partial charge in [-0.25, -0.2) is 9.59 Å². The molecule has 2 N–H and O–H groups in total. The predicted molar refractivity (Wildman–Crippen MR) is 71.1 cm³/mol. The maximum absolute atomic E-state index is 10.8. The van der Waals surface area contributed by atoms with Gasteiger partial charge in [-0.2, -0.15) is 5.26 Å². The molecule has 0 aliphatic carbocycles. The van der Waals surface area contributed by atoms with Crippen LogP contribution < -0.4 is 0 Å². The highest BCUT2D eigenvalue weighted by molar-refractivity contribution is 5.87. The summed E-state index contributed by atoms with van der Waals surface area (Å²) in [5.74, 6) is -2.53. The number of carboxylic acid groups (broad SMARTS) is 2. The highest BCUT2D eigenvalue weighted by Crippen LogP contribution is 2.22. The summed E-state index contributed by atoms with van der Waals surface area (Å²) in [4.78, 5) is 21.5. The van der Waals surface area contributed by atoms with Gasteiger partial charge in [0.1, 0.15) is 5.76 Å². The first kappa shape index (κ1) is 14.3. The SMILES string of the molecule is N#CC(Cc1ccc(C(=O)O)o1)c1ccc(C(=O)O)cc1. The van der Waals surface area contributed by atoms with Gasteiger partial charge in [0.2, 0.25) is 5.76 Å². The first-order chi connectivity index (χ1) is 10.0. The number of nitrogens with zero attached hydrogens (tertiary/aromatic N) is 1. The van der Waals surface area contributed by atoms with Crippen LogP contribution in [0.2, 0.25) is 0 Å². The normalized spacial score (nSPS) is 11.6. The number of nitriles is 1. The van der Waals surface area contributed by atoms with Gasteiger partial charge in [-0.05, 0) is 29.8 Å². The summed E-state index contributed by atoms with van der Waals surface area (Å²) in [5, 5.41) is 26.8. The molecular weight excluding hydrogens is 274 g/mol. The number of hydrogen-bond acceptors (Lipinski definition) is 4. The van der Waals surface area contributed by atoms with Crippen molar-refractivity contribution in [3.63, 3.8) is 0 Å². The van der Waals surface area contributed by atoms with Gasteiger partial charge in [-0.3, -0.25) is 0 Å². The quantitative estimate of drug-likeness (QED) is 0.873. The lowest BCUT2D eigenvalue weighted by Gasteiger charge is -2.08. The van der Waals surface area contributed by atoms with Crippen molar-refractivity contribution in [3.8, 4) is 6.07 Å². The smallest absolute Gasteiger partial charge is 0.371 e. The summed E-state index contributed by atoms with van der Waals surface area (Å²) in [6.07, 6.45) is 0.218. The minimum atomic E-state index is -1.17. The van der Waals surface area contributed by atoms with Crippen LogP contribution in [0, 0.1) is 11.3 Å². The zero-order chi connectivity index (χ0) is 15.4. The molecule has 0 bridgehead atoms. The molecule has 1 aromatic carbocycles. The van der Waals surface area contributed by atoms with Gasteiger partial charge in [-0.15, -0.1) is 0 Å². The monoisotopic (exact) mass is 285 g/mol. The standard InChI is InChI=1S/C15H11NO5/c16-8-11(7-12-5-6-13(21-12)15(19)20)9-1-3-10(4-2-9)14(17)18/h1-6,11H,7H2,(H,17,18)(H,19,20). The number of aromatic carboxylic acids is 2. The Labute approximate surface area is 119 Å². The predicted octanol–water partition coefficient (Wildman–Crippen LogP) is 2.53. The van der Waals surface area contributed by atoms with Gasteiger partial charge in [0.05, 0.1) is 17.6 Å². The first-order valence-electron chi connectivity index (χ1n) is 6.06. The van der Waals surface area contributed by atoms with Crippen LogP contribution in [0.4, 0.5) is 0 Å². The molecule has 0 spiro atoms. The number of carboxylic acids is 2. The van der Waals surface area contributed by atoms with E-state index in [1.165, 1.54) is 24.3 Å². The molecule has 0 saturated heterocycles. The number of hydrogen-bond donors (Lipinski definition) is 2. The molecule has 1 heterocycles. The highest BCUT2D eigenvalue weighted by Gasteiger charge is 2.16. The Morgan fingerprint density at radius 3 is 2.24 bits per heavy atom. The lowest BCUT2D eigenvalue weighted by Crippen LogP contribution is -2.02. The van der Waals surface area contributed by atoms with Gasteiger partial charge in [0.25, 0.3) is 0 Å². The van der Waals surface area contributed by atoms with Crippen molar-refractivity contribution in [1.29, 1.82) is 5.26 Å². The van der Waals surface area contributed by atoms with Gasteiger partial charge in [0.15, 0.2) is 0 Å². The van der Waals surface area contributed by atoms with Crippen LogP contribution in [0.5, 0.6) is 0 Å². The molecule has 0 amide bonds. The van der Waals surface area contributed by atoms with Gasteiger partial charge in [0, 0.05) is 6.42 Å². The van der Waals surface area contributed by atoms with Crippen molar-refractivity contribution in [2.75, 3.05) is 0 Å². The molecule has 106 valence electrons. The van der Waals surface area contributed by atoms with E-state index >= 15 is 0 Å². The van der Waals surface area contributed by atoms with Crippen molar-refractivity contribution in [2.45, 2.75) is 12.3 Å². The molecular formula is C15H11NO5. The summed E-state index contributed by atoms with van der Waals surface area (Å²) in [6.45, 7) is 0. The van der Waals surface area contributed by atoms with Crippen LogP contribution in [0.3, 0.4) is 0 Å². The Kier molecular flexibility index (Phi) is 4.05. The molecule has 6 heteroatoms. The van der Waals surface area contributed by atoms with Crippen molar-refractivity contribution < 1.29 is 24.2 Å². The Morgan fingerprint density at radius 1 is 1.10 bits per heavy atom. The molecule has 0 radical (unpaired) electrons. The number of rotatable bonds is 5. The lowest BCUT2D eigenvalue weighted by molar-refractivity contribution is 0.0657. The van der Waals surface area contributed by atoms with Crippen LogP contribution in [-0.2, 0) is 6.42 Å². The van der Waals surface area contributed by atoms with E-state index in [1.54, 1.807) is 12.1 Å². The topological polar surface area (TPSA) is 112 Å². The molecule has 0 aliphatic heterocycles. The van der Waals surface area contributed by atoms with Crippen LogP contribution in [0.15, 0.2) is 40.8 Å². The molecule has 0 aliphatic rings. The molecule has 2 rings (SSSR count). The molecule has 2 aromatic rings. The second-order valence-corrected chi connectivity index (χ2v) is 4.38. The third kappa shape index (κ3) is 3.28. The molecule has 1 aromatic heterocycles. The minimum absolute atomic E-state index is 0.140. The number of benzene rings is 1. The number of carbonyl (C=O) groups is 2. The van der Waals surface area contributed by atoms with E-state index in [4.69, 9.17) is 14.6 Å². The van der Waals surface area contributed by atoms with Crippen molar-refractivity contribution in [1.82, 2.24) is 0 Å². The second-order valence-electron chi connectivity index (χ2n) is 4.38. The maximum atomic E-state index is 10.8. The average Bonchev–Trinajstić information content (AvgIpc) is 2.93. The second kappa shape index (κ2) is 5.92. The fraction of sp³-hybridized carbons (Fsp3) is 0.133. The minimum Gasteiger partial charge on any atom is -0.478 e. The first-order valence-corrected chi connectivity index (χ1v) is 6.06. The van der Waals surface area contributed by atoms with E-state index in [2.05, 4.69) is 6.07 Å². The third-order valence-corrected chi connectivity index (χ3v) is 2.99. The Balaban J connectivity index is 2.17. The average molecular weight is 285 g/mol. The van der Waals surface area contributed by atoms with Gasteiger partial charge >= 0.3 is 11.9 Å². The Hall–Kier alpha value is -3.07. The zero-order valence-corrected chi connectivity index (χ0v) is 10.8. The fourth-order valence-electron chi connectivity index (χ4n) is 1.90. The summed E-state index contributed by atoms with van der Waals surface area (Å²) in [7, 11) is 0. The lowest BCUT2D eigenvalue weighted by atomic mass is 9.95. The molecule has 1 atom stereocenters. The number of furan rings is 1. The molecule has 0 saturated carbocycles. The van der Waals surface area contributed by atoms with Gasteiger partial charge < -0.3 is 14.6 Å². The molecule has 0 fully saturated rings. The summed E-state index contributed by atoms with van der Waals surface area (Å²) < 4.78 is 5.12. The van der Waals surface area contributed by atoms with Gasteiger partial charge in [-0.1, -0.05) is 12.1 Å². The van der Waals surface area contributed by atoms with E-state index in [-0.39, 0.29) is 17.7 Å². The summed E-state index contributed by atoms with van der Waals surface area (Å²) in [5.41, 5.74) is 0.789. The van der Waals surface area contributed by atoms with E-state index in [0.29, 0.717) is 11.3 Å². The van der Waals surface area contributed by atoms with E-state index in [9.17, 15) is 14.9 Å². The largest absolute Gasteiger partial charge is 0.478 e. The van der Waals surface area contributed by atoms with Crippen LogP contribution >= 0.6 is 0 Å². The van der Waals surface area contributed by atoms with Crippen molar-refractivity contribution >= 4 is 11.9 Å². The highest BCUT2D eigenvalue weighted by atomic mass is 16.4. The fourth-order valence-corrected chi connectivity index (χ4v) is 1.90. The summed E-state index contributed by atoms with van der Waals surface area (Å²) >= 11 is 0. The van der Waals surface area contributed by atoms with Crippen LogP contribution in [0.25, 0.3) is 0 Å². The maximum Gasteiger partial charge on any atom is 0.371 e. The third-order valence-electron chi connectivity index (χ3n) is 2.99. The molecule has 6 nitrogen and oxygen atoms in total. The molecule has 1 unspecified atom stereocenters. The van der Waals surface area contributed by atoms with Crippen LogP contribution in [0.1, 0.15) is 38.2 Å². The summed E-state index contributed by atoms with van der Waals surface area (Å²) in [6, 6.07) is 10.9. The van der Waals surface area contributed by atoms with E-state index < -0.39 is 17.9 Å². The van der Waals surface area contributed by atoms with Crippen LogP contribution in [-0.4, -0.2) is 22.2 Å². The Morgan fingerprint density at radius 2 is 1.76 bits per heavy atom. The Bertz CT molecular complexity index is 708.